The molecule has 1 aliphatic rings. The topological polar surface area (TPSA) is 75.3 Å². The summed E-state index contributed by atoms with van der Waals surface area (Å²) in [4.78, 5) is 12.6. The molecule has 0 saturated heterocycles. The summed E-state index contributed by atoms with van der Waals surface area (Å²) in [5, 5.41) is 4.57. The zero-order valence-electron chi connectivity index (χ0n) is 11.3. The van der Waals surface area contributed by atoms with Gasteiger partial charge in [0.1, 0.15) is 0 Å². The Morgan fingerprint density at radius 2 is 2.10 bits per heavy atom. The van der Waals surface area contributed by atoms with Crippen molar-refractivity contribution < 1.29 is 13.2 Å². The van der Waals surface area contributed by atoms with E-state index in [1.54, 1.807) is 0 Å². The Kier molecular flexibility index (Phi) is 5.56. The van der Waals surface area contributed by atoms with E-state index in [9.17, 15) is 13.2 Å². The van der Waals surface area contributed by atoms with Gasteiger partial charge >= 0.3 is 0 Å². The standard InChI is InChI=1S/C13H20N2O3S2/c16-13(10-12-6-3-8-19-12)14-7-9-20(17,18)15-11-4-1-2-5-11/h3,6,8,11,15H,1-2,4-5,7,9-10H2,(H,14,16). The Balaban J connectivity index is 1.67. The smallest absolute Gasteiger partial charge is 0.225 e. The number of thiophene rings is 1. The van der Waals surface area contributed by atoms with Gasteiger partial charge in [0.15, 0.2) is 0 Å². The highest BCUT2D eigenvalue weighted by Gasteiger charge is 2.21. The lowest BCUT2D eigenvalue weighted by Gasteiger charge is -2.12. The quantitative estimate of drug-likeness (QED) is 0.795. The molecule has 112 valence electrons. The first-order chi connectivity index (χ1) is 9.55. The van der Waals surface area contributed by atoms with E-state index in [2.05, 4.69) is 10.0 Å². The lowest BCUT2D eigenvalue weighted by atomic mass is 10.3. The van der Waals surface area contributed by atoms with Crippen molar-refractivity contribution in [3.05, 3.63) is 22.4 Å². The molecule has 1 aromatic heterocycles. The monoisotopic (exact) mass is 316 g/mol. The molecule has 1 aromatic rings. The SMILES string of the molecule is O=C(Cc1cccs1)NCCS(=O)(=O)NC1CCCC1. The van der Waals surface area contributed by atoms with Crippen molar-refractivity contribution in [3.63, 3.8) is 0 Å². The van der Waals surface area contributed by atoms with Gasteiger partial charge in [-0.25, -0.2) is 13.1 Å². The molecule has 2 N–H and O–H groups in total. The van der Waals surface area contributed by atoms with Crippen LogP contribution in [0.4, 0.5) is 0 Å². The Bertz CT molecular complexity index is 520. The fraction of sp³-hybridized carbons (Fsp3) is 0.615. The Hall–Kier alpha value is -0.920. The van der Waals surface area contributed by atoms with Gasteiger partial charge in [0.25, 0.3) is 0 Å². The van der Waals surface area contributed by atoms with Crippen molar-refractivity contribution in [3.8, 4) is 0 Å². The van der Waals surface area contributed by atoms with Crippen LogP contribution >= 0.6 is 11.3 Å². The number of sulfonamides is 1. The summed E-state index contributed by atoms with van der Waals surface area (Å²) in [7, 11) is -3.28. The van der Waals surface area contributed by atoms with Crippen molar-refractivity contribution in [2.45, 2.75) is 38.1 Å². The molecule has 1 aliphatic carbocycles. The molecule has 7 heteroatoms. The van der Waals surface area contributed by atoms with Crippen LogP contribution in [0.1, 0.15) is 30.6 Å². The van der Waals surface area contributed by atoms with Gasteiger partial charge in [0.2, 0.25) is 15.9 Å². The molecule has 0 aliphatic heterocycles. The van der Waals surface area contributed by atoms with E-state index in [-0.39, 0.29) is 24.2 Å². The molecule has 1 amide bonds. The summed E-state index contributed by atoms with van der Waals surface area (Å²) in [6.45, 7) is 0.159. The first-order valence-corrected chi connectivity index (χ1v) is 9.37. The molecule has 0 aromatic carbocycles. The van der Waals surface area contributed by atoms with E-state index >= 15 is 0 Å². The lowest BCUT2D eigenvalue weighted by molar-refractivity contribution is -0.120. The molecule has 20 heavy (non-hydrogen) atoms. The molecular formula is C13H20N2O3S2. The fourth-order valence-electron chi connectivity index (χ4n) is 2.32. The van der Waals surface area contributed by atoms with Gasteiger partial charge in [-0.1, -0.05) is 18.9 Å². The van der Waals surface area contributed by atoms with E-state index in [0.29, 0.717) is 6.42 Å². The minimum Gasteiger partial charge on any atom is -0.355 e. The van der Waals surface area contributed by atoms with Crippen LogP contribution in [-0.2, 0) is 21.2 Å². The van der Waals surface area contributed by atoms with E-state index in [4.69, 9.17) is 0 Å². The van der Waals surface area contributed by atoms with Gasteiger partial charge in [0, 0.05) is 17.5 Å². The van der Waals surface area contributed by atoms with Crippen molar-refractivity contribution >= 4 is 27.3 Å². The highest BCUT2D eigenvalue weighted by Crippen LogP contribution is 2.18. The Morgan fingerprint density at radius 3 is 2.75 bits per heavy atom. The third-order valence-electron chi connectivity index (χ3n) is 3.31. The Morgan fingerprint density at radius 1 is 1.35 bits per heavy atom. The summed E-state index contributed by atoms with van der Waals surface area (Å²) in [5.41, 5.74) is 0. The van der Waals surface area contributed by atoms with Crippen molar-refractivity contribution in [2.75, 3.05) is 12.3 Å². The summed E-state index contributed by atoms with van der Waals surface area (Å²) < 4.78 is 26.3. The van der Waals surface area contributed by atoms with Crippen LogP contribution in [0.15, 0.2) is 17.5 Å². The zero-order valence-corrected chi connectivity index (χ0v) is 12.9. The maximum Gasteiger partial charge on any atom is 0.225 e. The third-order valence-corrected chi connectivity index (χ3v) is 5.62. The molecule has 0 radical (unpaired) electrons. The maximum absolute atomic E-state index is 11.8. The summed E-state index contributed by atoms with van der Waals surface area (Å²) >= 11 is 1.52. The molecule has 1 heterocycles. The molecule has 0 unspecified atom stereocenters. The van der Waals surface area contributed by atoms with Crippen molar-refractivity contribution in [1.29, 1.82) is 0 Å². The molecule has 5 nitrogen and oxygen atoms in total. The number of carbonyl (C=O) groups excluding carboxylic acids is 1. The summed E-state index contributed by atoms with van der Waals surface area (Å²) in [6, 6.07) is 3.87. The third kappa shape index (κ3) is 5.22. The van der Waals surface area contributed by atoms with E-state index in [1.807, 2.05) is 17.5 Å². The lowest BCUT2D eigenvalue weighted by Crippen LogP contribution is -2.38. The maximum atomic E-state index is 11.8. The largest absolute Gasteiger partial charge is 0.355 e. The molecular weight excluding hydrogens is 296 g/mol. The summed E-state index contributed by atoms with van der Waals surface area (Å²) in [6.07, 6.45) is 4.33. The van der Waals surface area contributed by atoms with Crippen molar-refractivity contribution in [2.24, 2.45) is 0 Å². The van der Waals surface area contributed by atoms with Gasteiger partial charge in [-0.05, 0) is 24.3 Å². The van der Waals surface area contributed by atoms with Gasteiger partial charge < -0.3 is 5.32 Å². The Labute approximate surface area is 123 Å². The molecule has 1 saturated carbocycles. The van der Waals surface area contributed by atoms with Gasteiger partial charge in [0.05, 0.1) is 12.2 Å². The second-order valence-corrected chi connectivity index (χ2v) is 7.93. The van der Waals surface area contributed by atoms with E-state index in [1.165, 1.54) is 11.3 Å². The average molecular weight is 316 g/mol. The predicted octanol–water partition coefficient (Wildman–Crippen LogP) is 1.27. The van der Waals surface area contributed by atoms with Crippen LogP contribution in [0.5, 0.6) is 0 Å². The number of amides is 1. The van der Waals surface area contributed by atoms with Crippen molar-refractivity contribution in [1.82, 2.24) is 10.0 Å². The predicted molar refractivity (Wildman–Crippen MR) is 80.2 cm³/mol. The van der Waals surface area contributed by atoms with Crippen LogP contribution in [-0.4, -0.2) is 32.7 Å². The van der Waals surface area contributed by atoms with Crippen LogP contribution in [0.25, 0.3) is 0 Å². The number of nitrogens with one attached hydrogen (secondary N) is 2. The van der Waals surface area contributed by atoms with Gasteiger partial charge in [-0.15, -0.1) is 11.3 Å². The van der Waals surface area contributed by atoms with E-state index < -0.39 is 10.0 Å². The fourth-order valence-corrected chi connectivity index (χ4v) is 4.25. The molecule has 0 atom stereocenters. The average Bonchev–Trinajstić information content (AvgIpc) is 3.01. The van der Waals surface area contributed by atoms with E-state index in [0.717, 1.165) is 30.6 Å². The van der Waals surface area contributed by atoms with Crippen LogP contribution in [0, 0.1) is 0 Å². The van der Waals surface area contributed by atoms with Crippen LogP contribution in [0.2, 0.25) is 0 Å². The number of hydrogen-bond donors (Lipinski definition) is 2. The minimum absolute atomic E-state index is 0.0559. The highest BCUT2D eigenvalue weighted by molar-refractivity contribution is 7.89. The normalized spacial score (nSPS) is 16.4. The van der Waals surface area contributed by atoms with Gasteiger partial charge in [-0.2, -0.15) is 0 Å². The molecule has 1 fully saturated rings. The molecule has 0 spiro atoms. The number of hydrogen-bond acceptors (Lipinski definition) is 4. The molecule has 0 bridgehead atoms. The number of rotatable bonds is 7. The first-order valence-electron chi connectivity index (χ1n) is 6.84. The second-order valence-electron chi connectivity index (χ2n) is 5.02. The van der Waals surface area contributed by atoms with Gasteiger partial charge in [-0.3, -0.25) is 4.79 Å². The molecule has 2 rings (SSSR count). The zero-order chi connectivity index (χ0) is 14.4. The number of carbonyl (C=O) groups is 1. The minimum atomic E-state index is -3.28. The highest BCUT2D eigenvalue weighted by atomic mass is 32.2. The summed E-state index contributed by atoms with van der Waals surface area (Å²) in [5.74, 6) is -0.192. The van der Waals surface area contributed by atoms with Crippen LogP contribution < -0.4 is 10.0 Å². The second kappa shape index (κ2) is 7.19. The van der Waals surface area contributed by atoms with Crippen LogP contribution in [0.3, 0.4) is 0 Å². The first kappa shape index (κ1) is 15.5.